The highest BCUT2D eigenvalue weighted by atomic mass is 28.3. The van der Waals surface area contributed by atoms with Gasteiger partial charge in [-0.2, -0.15) is 0 Å². The summed E-state index contributed by atoms with van der Waals surface area (Å²) >= 11 is 0. The number of hydrogen-bond acceptors (Lipinski definition) is 2. The summed E-state index contributed by atoms with van der Waals surface area (Å²) in [5.41, 5.74) is 4.14. The first-order chi connectivity index (χ1) is 19.3. The molecule has 4 heteroatoms. The van der Waals surface area contributed by atoms with E-state index in [0.29, 0.717) is 10.1 Å². The molecule has 2 aliphatic rings. The molecule has 4 unspecified atom stereocenters. The highest BCUT2D eigenvalue weighted by Gasteiger charge is 2.59. The SMILES string of the molecule is CC1=CC(Cc2ccccc2)(C2(Cc3ccccc3)C=C(C)C(C[Si](C)(C)C(C)(C)C)O2)OC1C[Si](C)(C)C(C)(C)C. The van der Waals surface area contributed by atoms with Gasteiger partial charge >= 0.3 is 0 Å². The Labute approximate surface area is 260 Å². The Morgan fingerprint density at radius 3 is 1.17 bits per heavy atom. The van der Waals surface area contributed by atoms with Crippen LogP contribution in [0.2, 0.25) is 48.4 Å². The largest absolute Gasteiger partial charge is 0.360 e. The van der Waals surface area contributed by atoms with Crippen molar-refractivity contribution < 1.29 is 9.47 Å². The highest BCUT2D eigenvalue weighted by molar-refractivity contribution is 6.80. The van der Waals surface area contributed by atoms with Crippen LogP contribution in [0.3, 0.4) is 0 Å². The molecule has 0 saturated heterocycles. The van der Waals surface area contributed by atoms with Crippen molar-refractivity contribution in [2.75, 3.05) is 0 Å². The summed E-state index contributed by atoms with van der Waals surface area (Å²) in [5.74, 6) is 0. The van der Waals surface area contributed by atoms with E-state index in [-0.39, 0.29) is 12.2 Å². The molecule has 42 heavy (non-hydrogen) atoms. The van der Waals surface area contributed by atoms with Crippen LogP contribution >= 0.6 is 0 Å². The second-order valence-corrected chi connectivity index (χ2v) is 28.1. The summed E-state index contributed by atoms with van der Waals surface area (Å²) in [7, 11) is -3.20. The first-order valence-corrected chi connectivity index (χ1v) is 22.5. The van der Waals surface area contributed by atoms with E-state index in [1.165, 1.54) is 22.3 Å². The van der Waals surface area contributed by atoms with Gasteiger partial charge in [0.05, 0.1) is 28.4 Å². The molecule has 2 aliphatic heterocycles. The molecule has 0 aromatic heterocycles. The Balaban J connectivity index is 1.83. The molecule has 0 amide bonds. The fourth-order valence-electron chi connectivity index (χ4n) is 6.35. The summed E-state index contributed by atoms with van der Waals surface area (Å²) in [4.78, 5) is 0. The Kier molecular flexibility index (Phi) is 9.20. The van der Waals surface area contributed by atoms with E-state index < -0.39 is 27.3 Å². The van der Waals surface area contributed by atoms with E-state index in [1.54, 1.807) is 0 Å². The first-order valence-electron chi connectivity index (χ1n) is 16.1. The molecule has 0 N–H and O–H groups in total. The monoisotopic (exact) mass is 602 g/mol. The minimum absolute atomic E-state index is 0.110. The van der Waals surface area contributed by atoms with E-state index in [0.717, 1.165) is 24.9 Å². The second kappa shape index (κ2) is 11.6. The molecule has 0 bridgehead atoms. The van der Waals surface area contributed by atoms with Crippen molar-refractivity contribution in [1.29, 1.82) is 0 Å². The predicted octanol–water partition coefficient (Wildman–Crippen LogP) is 10.7. The lowest BCUT2D eigenvalue weighted by atomic mass is 9.74. The van der Waals surface area contributed by atoms with Gasteiger partial charge in [-0.25, -0.2) is 0 Å². The number of rotatable bonds is 9. The zero-order chi connectivity index (χ0) is 31.2. The molecule has 4 rings (SSSR count). The van der Waals surface area contributed by atoms with Crippen LogP contribution < -0.4 is 0 Å². The fraction of sp³-hybridized carbons (Fsp3) is 0.579. The van der Waals surface area contributed by atoms with Crippen molar-refractivity contribution in [3.05, 3.63) is 95.1 Å². The quantitative estimate of drug-likeness (QED) is 0.210. The number of benzene rings is 2. The van der Waals surface area contributed by atoms with Crippen molar-refractivity contribution in [2.45, 2.75) is 140 Å². The van der Waals surface area contributed by atoms with E-state index in [1.807, 2.05) is 0 Å². The normalized spacial score (nSPS) is 27.2. The lowest BCUT2D eigenvalue weighted by molar-refractivity contribution is -0.165. The molecule has 0 spiro atoms. The van der Waals surface area contributed by atoms with Gasteiger partial charge in [0.1, 0.15) is 11.2 Å². The number of ether oxygens (including phenoxy) is 2. The zero-order valence-electron chi connectivity index (χ0n) is 28.7. The third kappa shape index (κ3) is 6.67. The summed E-state index contributed by atoms with van der Waals surface area (Å²) in [6.07, 6.45) is 6.78. The van der Waals surface area contributed by atoms with Crippen LogP contribution in [-0.4, -0.2) is 39.6 Å². The lowest BCUT2D eigenvalue weighted by Crippen LogP contribution is -2.57. The number of hydrogen-bond donors (Lipinski definition) is 0. The zero-order valence-corrected chi connectivity index (χ0v) is 30.7. The summed E-state index contributed by atoms with van der Waals surface area (Å²) < 4.78 is 15.1. The fourth-order valence-corrected chi connectivity index (χ4v) is 10.2. The van der Waals surface area contributed by atoms with Crippen LogP contribution in [0.4, 0.5) is 0 Å². The first kappa shape index (κ1) is 33.2. The van der Waals surface area contributed by atoms with Gasteiger partial charge in [0.2, 0.25) is 0 Å². The minimum Gasteiger partial charge on any atom is -0.360 e. The van der Waals surface area contributed by atoms with Crippen LogP contribution in [-0.2, 0) is 22.3 Å². The molecule has 2 aromatic rings. The van der Waals surface area contributed by atoms with E-state index in [9.17, 15) is 0 Å². The van der Waals surface area contributed by atoms with Gasteiger partial charge in [-0.15, -0.1) is 0 Å². The van der Waals surface area contributed by atoms with Crippen LogP contribution in [0.15, 0.2) is 84.0 Å². The maximum Gasteiger partial charge on any atom is 0.124 e. The van der Waals surface area contributed by atoms with Crippen molar-refractivity contribution in [1.82, 2.24) is 0 Å². The summed E-state index contributed by atoms with van der Waals surface area (Å²) in [6.45, 7) is 29.2. The van der Waals surface area contributed by atoms with E-state index >= 15 is 0 Å². The van der Waals surface area contributed by atoms with E-state index in [2.05, 4.69) is 154 Å². The molecule has 0 aliphatic carbocycles. The Morgan fingerprint density at radius 2 is 0.881 bits per heavy atom. The van der Waals surface area contributed by atoms with Gasteiger partial charge in [-0.05, 0) is 70.4 Å². The Bertz CT molecular complexity index is 1180. The third-order valence-corrected chi connectivity index (χ3v) is 22.3. The standard InChI is InChI=1S/C38H58O2Si2/c1-29-23-37(25-31-19-15-13-16-20-31,39-33(29)27-41(9,10)35(3,4)5)38(26-32-21-17-14-18-22-32)24-30(2)34(40-38)28-42(11,12)36(6,7)8/h13-24,33-34H,25-28H2,1-12H3. The van der Waals surface area contributed by atoms with Crippen molar-refractivity contribution in [2.24, 2.45) is 0 Å². The molecule has 2 nitrogen and oxygen atoms in total. The van der Waals surface area contributed by atoms with Crippen molar-refractivity contribution in [3.8, 4) is 0 Å². The Morgan fingerprint density at radius 1 is 0.571 bits per heavy atom. The van der Waals surface area contributed by atoms with Crippen LogP contribution in [0, 0.1) is 0 Å². The van der Waals surface area contributed by atoms with Crippen molar-refractivity contribution in [3.63, 3.8) is 0 Å². The van der Waals surface area contributed by atoms with E-state index in [4.69, 9.17) is 9.47 Å². The third-order valence-electron chi connectivity index (χ3n) is 11.4. The second-order valence-electron chi connectivity index (χ2n) is 16.8. The van der Waals surface area contributed by atoms with Crippen LogP contribution in [0.25, 0.3) is 0 Å². The van der Waals surface area contributed by atoms with Crippen molar-refractivity contribution >= 4 is 16.1 Å². The molecule has 0 saturated carbocycles. The summed E-state index contributed by atoms with van der Waals surface area (Å²) in [6, 6.07) is 24.1. The van der Waals surface area contributed by atoms with Crippen LogP contribution in [0.5, 0.6) is 0 Å². The molecular weight excluding hydrogens is 545 g/mol. The average molecular weight is 603 g/mol. The molecule has 0 radical (unpaired) electrons. The molecular formula is C38H58O2Si2. The molecule has 0 fully saturated rings. The average Bonchev–Trinajstić information content (AvgIpc) is 3.35. The van der Waals surface area contributed by atoms with Gasteiger partial charge in [0.25, 0.3) is 0 Å². The van der Waals surface area contributed by atoms with Crippen LogP contribution in [0.1, 0.15) is 66.5 Å². The molecule has 4 atom stereocenters. The smallest absolute Gasteiger partial charge is 0.124 e. The molecule has 2 aromatic carbocycles. The topological polar surface area (TPSA) is 18.5 Å². The predicted molar refractivity (Wildman–Crippen MR) is 187 cm³/mol. The Hall–Kier alpha value is -1.73. The van der Waals surface area contributed by atoms with Gasteiger partial charge in [-0.1, -0.05) is 128 Å². The lowest BCUT2D eigenvalue weighted by Gasteiger charge is -2.47. The molecule has 2 heterocycles. The molecule has 230 valence electrons. The minimum atomic E-state index is -1.60. The highest BCUT2D eigenvalue weighted by Crippen LogP contribution is 2.53. The van der Waals surface area contributed by atoms with Gasteiger partial charge in [-0.3, -0.25) is 0 Å². The maximum absolute atomic E-state index is 7.53. The van der Waals surface area contributed by atoms with Gasteiger partial charge in [0, 0.05) is 12.8 Å². The van der Waals surface area contributed by atoms with Gasteiger partial charge < -0.3 is 9.47 Å². The van der Waals surface area contributed by atoms with Gasteiger partial charge in [0.15, 0.2) is 0 Å². The summed E-state index contributed by atoms with van der Waals surface area (Å²) in [5, 5.41) is 0.606. The maximum atomic E-state index is 7.53.